The van der Waals surface area contributed by atoms with Crippen LogP contribution in [0.2, 0.25) is 5.02 Å². The monoisotopic (exact) mass is 383 g/mol. The standard InChI is InChI=1S/C19H20ClF2NO3/c1-11-5-13(6-12(2)17(11)26-19(21)22)9-23-10-14-7-15(20)18-16(8-14)24-3-4-25-18/h5-8,19,23H,3-4,9-10H2,1-2H3. The van der Waals surface area contributed by atoms with Crippen molar-refractivity contribution in [2.24, 2.45) is 0 Å². The summed E-state index contributed by atoms with van der Waals surface area (Å²) in [4.78, 5) is 0. The maximum Gasteiger partial charge on any atom is 0.387 e. The smallest absolute Gasteiger partial charge is 0.387 e. The number of alkyl halides is 2. The van der Waals surface area contributed by atoms with E-state index in [9.17, 15) is 8.78 Å². The van der Waals surface area contributed by atoms with Crippen molar-refractivity contribution in [1.82, 2.24) is 5.32 Å². The van der Waals surface area contributed by atoms with Crippen molar-refractivity contribution in [2.45, 2.75) is 33.5 Å². The Morgan fingerprint density at radius 1 is 1.04 bits per heavy atom. The first-order chi connectivity index (χ1) is 12.4. The highest BCUT2D eigenvalue weighted by atomic mass is 35.5. The van der Waals surface area contributed by atoms with Gasteiger partial charge in [-0.3, -0.25) is 0 Å². The molecule has 0 radical (unpaired) electrons. The average molecular weight is 384 g/mol. The van der Waals surface area contributed by atoms with Gasteiger partial charge in [0.05, 0.1) is 5.02 Å². The normalized spacial score (nSPS) is 13.2. The van der Waals surface area contributed by atoms with Gasteiger partial charge >= 0.3 is 6.61 Å². The van der Waals surface area contributed by atoms with Crippen LogP contribution in [0.25, 0.3) is 0 Å². The van der Waals surface area contributed by atoms with Crippen molar-refractivity contribution in [2.75, 3.05) is 13.2 Å². The van der Waals surface area contributed by atoms with Crippen LogP contribution in [0.3, 0.4) is 0 Å². The number of nitrogens with one attached hydrogen (secondary N) is 1. The van der Waals surface area contributed by atoms with Crippen molar-refractivity contribution in [3.05, 3.63) is 51.5 Å². The molecule has 2 aromatic carbocycles. The van der Waals surface area contributed by atoms with E-state index in [2.05, 4.69) is 10.1 Å². The van der Waals surface area contributed by atoms with Crippen LogP contribution in [0.15, 0.2) is 24.3 Å². The Balaban J connectivity index is 1.64. The second-order valence-electron chi connectivity index (χ2n) is 6.14. The number of benzene rings is 2. The molecule has 0 aliphatic carbocycles. The quantitative estimate of drug-likeness (QED) is 0.790. The third kappa shape index (κ3) is 4.37. The second-order valence-corrected chi connectivity index (χ2v) is 6.55. The summed E-state index contributed by atoms with van der Waals surface area (Å²) in [5.74, 6) is 1.48. The molecule has 0 aromatic heterocycles. The molecule has 0 unspecified atom stereocenters. The molecular formula is C19H20ClF2NO3. The van der Waals surface area contributed by atoms with Crippen molar-refractivity contribution >= 4 is 11.6 Å². The van der Waals surface area contributed by atoms with Gasteiger partial charge in [0.2, 0.25) is 0 Å². The van der Waals surface area contributed by atoms with Gasteiger partial charge in [0.15, 0.2) is 11.5 Å². The summed E-state index contributed by atoms with van der Waals surface area (Å²) in [7, 11) is 0. The molecule has 0 atom stereocenters. The molecule has 2 aromatic rings. The summed E-state index contributed by atoms with van der Waals surface area (Å²) < 4.78 is 40.6. The van der Waals surface area contributed by atoms with E-state index in [-0.39, 0.29) is 5.75 Å². The minimum absolute atomic E-state index is 0.238. The summed E-state index contributed by atoms with van der Waals surface area (Å²) in [5, 5.41) is 3.85. The van der Waals surface area contributed by atoms with Crippen LogP contribution < -0.4 is 19.5 Å². The molecule has 4 nitrogen and oxygen atoms in total. The van der Waals surface area contributed by atoms with Crippen LogP contribution in [0.1, 0.15) is 22.3 Å². The molecule has 1 N–H and O–H groups in total. The summed E-state index contributed by atoms with van der Waals surface area (Å²) in [6.45, 7) is 2.87. The molecule has 1 aliphatic heterocycles. The van der Waals surface area contributed by atoms with Gasteiger partial charge < -0.3 is 19.5 Å². The van der Waals surface area contributed by atoms with E-state index >= 15 is 0 Å². The SMILES string of the molecule is Cc1cc(CNCc2cc(Cl)c3c(c2)OCCO3)cc(C)c1OC(F)F. The molecule has 0 amide bonds. The Morgan fingerprint density at radius 2 is 1.65 bits per heavy atom. The zero-order valence-corrected chi connectivity index (χ0v) is 15.3. The number of aryl methyl sites for hydroxylation is 2. The lowest BCUT2D eigenvalue weighted by molar-refractivity contribution is -0.0507. The molecule has 0 saturated heterocycles. The molecule has 0 spiro atoms. The van der Waals surface area contributed by atoms with Gasteiger partial charge in [-0.05, 0) is 48.2 Å². The highest BCUT2D eigenvalue weighted by molar-refractivity contribution is 6.32. The predicted octanol–water partition coefficient (Wildman–Crippen LogP) is 4.62. The van der Waals surface area contributed by atoms with Crippen LogP contribution in [0.5, 0.6) is 17.2 Å². The molecule has 26 heavy (non-hydrogen) atoms. The van der Waals surface area contributed by atoms with Crippen LogP contribution in [0.4, 0.5) is 8.78 Å². The van der Waals surface area contributed by atoms with Gasteiger partial charge in [-0.1, -0.05) is 23.7 Å². The molecular weight excluding hydrogens is 364 g/mol. The van der Waals surface area contributed by atoms with Crippen LogP contribution in [0, 0.1) is 13.8 Å². The van der Waals surface area contributed by atoms with Crippen molar-refractivity contribution in [3.63, 3.8) is 0 Å². The third-order valence-corrected chi connectivity index (χ3v) is 4.32. The van der Waals surface area contributed by atoms with E-state index in [4.69, 9.17) is 21.1 Å². The van der Waals surface area contributed by atoms with Gasteiger partial charge in [0, 0.05) is 13.1 Å². The van der Waals surface area contributed by atoms with Crippen LogP contribution >= 0.6 is 11.6 Å². The molecule has 7 heteroatoms. The summed E-state index contributed by atoms with van der Waals surface area (Å²) >= 11 is 6.24. The zero-order chi connectivity index (χ0) is 18.7. The van der Waals surface area contributed by atoms with Gasteiger partial charge in [0.1, 0.15) is 19.0 Å². The molecule has 0 fully saturated rings. The Hall–Kier alpha value is -2.05. The van der Waals surface area contributed by atoms with E-state index in [1.54, 1.807) is 13.8 Å². The molecule has 1 heterocycles. The summed E-state index contributed by atoms with van der Waals surface area (Å²) in [5.41, 5.74) is 3.34. The van der Waals surface area contributed by atoms with E-state index < -0.39 is 6.61 Å². The van der Waals surface area contributed by atoms with Gasteiger partial charge in [-0.25, -0.2) is 0 Å². The number of hydrogen-bond acceptors (Lipinski definition) is 4. The summed E-state index contributed by atoms with van der Waals surface area (Å²) in [6, 6.07) is 7.44. The molecule has 140 valence electrons. The van der Waals surface area contributed by atoms with E-state index in [1.807, 2.05) is 24.3 Å². The zero-order valence-electron chi connectivity index (χ0n) is 14.6. The topological polar surface area (TPSA) is 39.7 Å². The number of ether oxygens (including phenoxy) is 3. The van der Waals surface area contributed by atoms with Gasteiger partial charge in [0.25, 0.3) is 0 Å². The fourth-order valence-corrected chi connectivity index (χ4v) is 3.32. The second kappa shape index (κ2) is 8.10. The number of halogens is 3. The first-order valence-corrected chi connectivity index (χ1v) is 8.65. The van der Waals surface area contributed by atoms with Crippen molar-refractivity contribution in [3.8, 4) is 17.2 Å². The largest absolute Gasteiger partial charge is 0.486 e. The summed E-state index contributed by atoms with van der Waals surface area (Å²) in [6.07, 6.45) is 0. The van der Waals surface area contributed by atoms with E-state index in [0.29, 0.717) is 54.0 Å². The van der Waals surface area contributed by atoms with E-state index in [1.165, 1.54) is 0 Å². The Morgan fingerprint density at radius 3 is 2.31 bits per heavy atom. The fraction of sp³-hybridized carbons (Fsp3) is 0.368. The van der Waals surface area contributed by atoms with Crippen molar-refractivity contribution in [1.29, 1.82) is 0 Å². The maximum absolute atomic E-state index is 12.5. The lowest BCUT2D eigenvalue weighted by Crippen LogP contribution is -2.17. The first-order valence-electron chi connectivity index (χ1n) is 8.27. The Bertz CT molecular complexity index is 776. The highest BCUT2D eigenvalue weighted by Gasteiger charge is 2.16. The van der Waals surface area contributed by atoms with Crippen molar-refractivity contribution < 1.29 is 23.0 Å². The predicted molar refractivity (Wildman–Crippen MR) is 95.5 cm³/mol. The minimum atomic E-state index is -2.82. The van der Waals surface area contributed by atoms with E-state index in [0.717, 1.165) is 11.1 Å². The van der Waals surface area contributed by atoms with Crippen LogP contribution in [-0.4, -0.2) is 19.8 Å². The van der Waals surface area contributed by atoms with Gasteiger partial charge in [-0.15, -0.1) is 0 Å². The fourth-order valence-electron chi connectivity index (χ4n) is 3.03. The Labute approximate surface area is 156 Å². The lowest BCUT2D eigenvalue weighted by atomic mass is 10.1. The van der Waals surface area contributed by atoms with Crippen LogP contribution in [-0.2, 0) is 13.1 Å². The number of rotatable bonds is 6. The molecule has 3 rings (SSSR count). The highest BCUT2D eigenvalue weighted by Crippen LogP contribution is 2.38. The number of fused-ring (bicyclic) bond motifs is 1. The maximum atomic E-state index is 12.5. The minimum Gasteiger partial charge on any atom is -0.486 e. The molecule has 1 aliphatic rings. The molecule has 0 saturated carbocycles. The average Bonchev–Trinajstić information content (AvgIpc) is 2.58. The first kappa shape index (κ1) is 18.7. The Kier molecular flexibility index (Phi) is 5.84. The lowest BCUT2D eigenvalue weighted by Gasteiger charge is -2.20. The molecule has 0 bridgehead atoms. The third-order valence-electron chi connectivity index (χ3n) is 4.04. The number of hydrogen-bond donors (Lipinski definition) is 1. The van der Waals surface area contributed by atoms with Gasteiger partial charge in [-0.2, -0.15) is 8.78 Å².